The van der Waals surface area contributed by atoms with Crippen LogP contribution in [0.1, 0.15) is 41.0 Å². The van der Waals surface area contributed by atoms with Crippen molar-refractivity contribution in [2.24, 2.45) is 5.92 Å². The third kappa shape index (κ3) is 5.08. The number of carbonyl (C=O) groups is 2. The van der Waals surface area contributed by atoms with Crippen LogP contribution in [-0.4, -0.2) is 54.9 Å². The van der Waals surface area contributed by atoms with Gasteiger partial charge >= 0.3 is 0 Å². The minimum atomic E-state index is -0.251. The molecule has 0 saturated carbocycles. The number of rotatable bonds is 7. The first-order valence-electron chi connectivity index (χ1n) is 11.0. The molecule has 32 heavy (non-hydrogen) atoms. The molecule has 1 aliphatic rings. The van der Waals surface area contributed by atoms with Gasteiger partial charge in [0.25, 0.3) is 11.8 Å². The highest BCUT2D eigenvalue weighted by atomic mass is 16.5. The van der Waals surface area contributed by atoms with Gasteiger partial charge in [-0.3, -0.25) is 14.7 Å². The molecule has 1 saturated heterocycles. The number of anilines is 2. The molecule has 1 aliphatic heterocycles. The summed E-state index contributed by atoms with van der Waals surface area (Å²) in [5.74, 6) is 0.541. The number of aromatic nitrogens is 2. The number of carbonyl (C=O) groups excluding carboxylic acids is 2. The molecule has 0 spiro atoms. The molecule has 4 rings (SSSR count). The lowest BCUT2D eigenvalue weighted by Gasteiger charge is -2.28. The molecule has 1 aromatic heterocycles. The van der Waals surface area contributed by atoms with Gasteiger partial charge in [0.2, 0.25) is 0 Å². The summed E-state index contributed by atoms with van der Waals surface area (Å²) >= 11 is 0. The highest BCUT2D eigenvalue weighted by Gasteiger charge is 2.15. The Hall–Kier alpha value is -3.39. The minimum Gasteiger partial charge on any atom is -0.378 e. The van der Waals surface area contributed by atoms with Gasteiger partial charge in [-0.2, -0.15) is 5.10 Å². The van der Waals surface area contributed by atoms with Crippen LogP contribution < -0.4 is 15.5 Å². The maximum absolute atomic E-state index is 12.8. The predicted molar refractivity (Wildman–Crippen MR) is 125 cm³/mol. The molecule has 0 atom stereocenters. The number of H-pyrrole nitrogens is 1. The molecular formula is C24H29N5O3. The van der Waals surface area contributed by atoms with E-state index >= 15 is 0 Å². The van der Waals surface area contributed by atoms with Crippen LogP contribution in [0.5, 0.6) is 0 Å². The van der Waals surface area contributed by atoms with E-state index in [4.69, 9.17) is 4.74 Å². The first-order chi connectivity index (χ1) is 15.5. The summed E-state index contributed by atoms with van der Waals surface area (Å²) in [4.78, 5) is 27.5. The van der Waals surface area contributed by atoms with Crippen LogP contribution in [0.15, 0.2) is 42.5 Å². The Morgan fingerprint density at radius 1 is 1.06 bits per heavy atom. The van der Waals surface area contributed by atoms with E-state index in [1.54, 1.807) is 18.2 Å². The van der Waals surface area contributed by atoms with Gasteiger partial charge in [-0.1, -0.05) is 13.8 Å². The lowest BCUT2D eigenvalue weighted by molar-refractivity contribution is 0.0951. The van der Waals surface area contributed by atoms with E-state index in [2.05, 4.69) is 39.6 Å². The Balaban J connectivity index is 1.45. The normalized spacial score (nSPS) is 14.0. The molecule has 0 bridgehead atoms. The number of nitrogens with zero attached hydrogens (tertiary/aromatic N) is 2. The second kappa shape index (κ2) is 9.82. The van der Waals surface area contributed by atoms with Crippen LogP contribution in [0.25, 0.3) is 10.9 Å². The first-order valence-corrected chi connectivity index (χ1v) is 11.0. The summed E-state index contributed by atoms with van der Waals surface area (Å²) in [6.45, 7) is 7.99. The summed E-state index contributed by atoms with van der Waals surface area (Å²) in [7, 11) is 0. The summed E-state index contributed by atoms with van der Waals surface area (Å²) < 4.78 is 5.39. The van der Waals surface area contributed by atoms with Crippen molar-refractivity contribution in [3.8, 4) is 0 Å². The van der Waals surface area contributed by atoms with E-state index in [0.29, 0.717) is 48.0 Å². The maximum atomic E-state index is 12.8. The van der Waals surface area contributed by atoms with E-state index in [0.717, 1.165) is 30.7 Å². The van der Waals surface area contributed by atoms with E-state index in [1.807, 2.05) is 24.3 Å². The topological polar surface area (TPSA) is 99.3 Å². The van der Waals surface area contributed by atoms with Gasteiger partial charge in [0, 0.05) is 41.8 Å². The van der Waals surface area contributed by atoms with Gasteiger partial charge in [-0.15, -0.1) is 0 Å². The fourth-order valence-electron chi connectivity index (χ4n) is 3.65. The smallest absolute Gasteiger partial charge is 0.256 e. The zero-order valence-electron chi connectivity index (χ0n) is 18.5. The molecule has 168 valence electrons. The number of hydrogen-bond acceptors (Lipinski definition) is 5. The zero-order valence-corrected chi connectivity index (χ0v) is 18.5. The zero-order chi connectivity index (χ0) is 22.5. The fourth-order valence-corrected chi connectivity index (χ4v) is 3.65. The number of fused-ring (bicyclic) bond motifs is 1. The monoisotopic (exact) mass is 435 g/mol. The van der Waals surface area contributed by atoms with Crippen LogP contribution in [-0.2, 0) is 4.74 Å². The average molecular weight is 436 g/mol. The highest BCUT2D eigenvalue weighted by molar-refractivity contribution is 6.09. The van der Waals surface area contributed by atoms with Crippen LogP contribution in [0.3, 0.4) is 0 Å². The highest BCUT2D eigenvalue weighted by Crippen LogP contribution is 2.23. The number of amides is 2. The SMILES string of the molecule is CC(C)CCNC(=O)c1ccc2[nH]nc(NC(=O)c3ccc(N4CCOCC4)cc3)c2c1. The molecule has 0 unspecified atom stereocenters. The fraction of sp³-hybridized carbons (Fsp3) is 0.375. The molecule has 8 nitrogen and oxygen atoms in total. The molecule has 2 aromatic carbocycles. The van der Waals surface area contributed by atoms with Gasteiger partial charge in [-0.25, -0.2) is 0 Å². The molecule has 1 fully saturated rings. The Bertz CT molecular complexity index is 1080. The largest absolute Gasteiger partial charge is 0.378 e. The molecule has 3 aromatic rings. The van der Waals surface area contributed by atoms with Crippen LogP contribution in [0, 0.1) is 5.92 Å². The first kappa shape index (κ1) is 21.8. The predicted octanol–water partition coefficient (Wildman–Crippen LogP) is 3.43. The van der Waals surface area contributed by atoms with Crippen molar-refractivity contribution in [1.82, 2.24) is 15.5 Å². The molecule has 8 heteroatoms. The lowest BCUT2D eigenvalue weighted by atomic mass is 10.1. The number of nitrogens with one attached hydrogen (secondary N) is 3. The van der Waals surface area contributed by atoms with Crippen molar-refractivity contribution >= 4 is 34.2 Å². The second-order valence-electron chi connectivity index (χ2n) is 8.37. The van der Waals surface area contributed by atoms with Crippen LogP contribution in [0.2, 0.25) is 0 Å². The van der Waals surface area contributed by atoms with Gasteiger partial charge in [0.1, 0.15) is 0 Å². The standard InChI is InChI=1S/C24H29N5O3/c1-16(2)9-10-25-23(30)18-5-8-21-20(15-18)22(28-27-21)26-24(31)17-3-6-19(7-4-17)29-11-13-32-14-12-29/h3-8,15-16H,9-14H2,1-2H3,(H,25,30)(H2,26,27,28,31). The van der Waals surface area contributed by atoms with Gasteiger partial charge in [-0.05, 0) is 54.8 Å². The number of aromatic amines is 1. The van der Waals surface area contributed by atoms with Crippen molar-refractivity contribution in [2.45, 2.75) is 20.3 Å². The van der Waals surface area contributed by atoms with E-state index in [9.17, 15) is 9.59 Å². The quantitative estimate of drug-likeness (QED) is 0.528. The van der Waals surface area contributed by atoms with Crippen molar-refractivity contribution in [3.05, 3.63) is 53.6 Å². The van der Waals surface area contributed by atoms with Crippen LogP contribution in [0.4, 0.5) is 11.5 Å². The summed E-state index contributed by atoms with van der Waals surface area (Å²) in [6, 6.07) is 12.8. The van der Waals surface area contributed by atoms with Crippen molar-refractivity contribution in [1.29, 1.82) is 0 Å². The number of hydrogen-bond donors (Lipinski definition) is 3. The molecule has 0 radical (unpaired) electrons. The maximum Gasteiger partial charge on any atom is 0.256 e. The Morgan fingerprint density at radius 2 is 1.78 bits per heavy atom. The van der Waals surface area contributed by atoms with E-state index in [1.165, 1.54) is 0 Å². The minimum absolute atomic E-state index is 0.135. The Labute approximate surface area is 187 Å². The van der Waals surface area contributed by atoms with E-state index < -0.39 is 0 Å². The second-order valence-corrected chi connectivity index (χ2v) is 8.37. The Morgan fingerprint density at radius 3 is 2.50 bits per heavy atom. The van der Waals surface area contributed by atoms with Crippen molar-refractivity contribution in [3.63, 3.8) is 0 Å². The summed E-state index contributed by atoms with van der Waals surface area (Å²) in [5, 5.41) is 13.6. The average Bonchev–Trinajstić information content (AvgIpc) is 3.21. The van der Waals surface area contributed by atoms with Crippen molar-refractivity contribution in [2.75, 3.05) is 43.1 Å². The number of benzene rings is 2. The van der Waals surface area contributed by atoms with Gasteiger partial charge in [0.15, 0.2) is 5.82 Å². The molecule has 0 aliphatic carbocycles. The lowest BCUT2D eigenvalue weighted by Crippen LogP contribution is -2.36. The van der Waals surface area contributed by atoms with Crippen LogP contribution >= 0.6 is 0 Å². The van der Waals surface area contributed by atoms with Crippen molar-refractivity contribution < 1.29 is 14.3 Å². The van der Waals surface area contributed by atoms with E-state index in [-0.39, 0.29) is 11.8 Å². The molecule has 2 amide bonds. The van der Waals surface area contributed by atoms with Gasteiger partial charge < -0.3 is 20.3 Å². The molecule has 3 N–H and O–H groups in total. The number of morpholine rings is 1. The Kier molecular flexibility index (Phi) is 6.70. The summed E-state index contributed by atoms with van der Waals surface area (Å²) in [5.41, 5.74) is 2.90. The third-order valence-electron chi connectivity index (χ3n) is 5.57. The molecular weight excluding hydrogens is 406 g/mol. The third-order valence-corrected chi connectivity index (χ3v) is 5.57. The summed E-state index contributed by atoms with van der Waals surface area (Å²) in [6.07, 6.45) is 0.922. The number of ether oxygens (including phenoxy) is 1. The van der Waals surface area contributed by atoms with Gasteiger partial charge in [0.05, 0.1) is 18.7 Å². The molecule has 2 heterocycles.